The molecule has 7 nitrogen and oxygen atoms in total. The van der Waals surface area contributed by atoms with E-state index in [1.54, 1.807) is 11.3 Å². The molecule has 0 unspecified atom stereocenters. The van der Waals surface area contributed by atoms with Crippen molar-refractivity contribution in [3.05, 3.63) is 52.8 Å². The van der Waals surface area contributed by atoms with Crippen molar-refractivity contribution in [2.75, 3.05) is 26.2 Å². The SMILES string of the molecule is O=C(CCc1nnc(-c2ccsc2)o1)N1CCN(Cc2ccncc2)CC1. The predicted octanol–water partition coefficient (Wildman–Crippen LogP) is 2.47. The lowest BCUT2D eigenvalue weighted by Gasteiger charge is -2.34. The second-order valence-electron chi connectivity index (χ2n) is 6.53. The Hall–Kier alpha value is -2.58. The summed E-state index contributed by atoms with van der Waals surface area (Å²) >= 11 is 1.59. The summed E-state index contributed by atoms with van der Waals surface area (Å²) in [6.45, 7) is 4.19. The summed E-state index contributed by atoms with van der Waals surface area (Å²) in [6.07, 6.45) is 4.51. The van der Waals surface area contributed by atoms with Crippen molar-refractivity contribution in [3.8, 4) is 11.5 Å². The van der Waals surface area contributed by atoms with Gasteiger partial charge >= 0.3 is 0 Å². The minimum Gasteiger partial charge on any atom is -0.421 e. The van der Waals surface area contributed by atoms with Gasteiger partial charge in [0.05, 0.1) is 0 Å². The second-order valence-corrected chi connectivity index (χ2v) is 7.31. The first-order valence-electron chi connectivity index (χ1n) is 9.02. The van der Waals surface area contributed by atoms with Crippen LogP contribution < -0.4 is 0 Å². The van der Waals surface area contributed by atoms with Crippen LogP contribution in [-0.2, 0) is 17.8 Å². The van der Waals surface area contributed by atoms with Gasteiger partial charge in [-0.3, -0.25) is 14.7 Å². The van der Waals surface area contributed by atoms with Gasteiger partial charge in [-0.1, -0.05) is 0 Å². The number of rotatable bonds is 6. The van der Waals surface area contributed by atoms with Crippen molar-refractivity contribution in [1.29, 1.82) is 0 Å². The zero-order valence-corrected chi connectivity index (χ0v) is 15.8. The first-order valence-corrected chi connectivity index (χ1v) is 9.96. The molecule has 0 spiro atoms. The molecule has 27 heavy (non-hydrogen) atoms. The summed E-state index contributed by atoms with van der Waals surface area (Å²) in [6, 6.07) is 6.01. The molecule has 0 atom stereocenters. The maximum atomic E-state index is 12.5. The smallest absolute Gasteiger partial charge is 0.248 e. The van der Waals surface area contributed by atoms with E-state index in [9.17, 15) is 4.79 Å². The van der Waals surface area contributed by atoms with Crippen molar-refractivity contribution in [2.45, 2.75) is 19.4 Å². The van der Waals surface area contributed by atoms with Crippen LogP contribution in [0, 0.1) is 0 Å². The van der Waals surface area contributed by atoms with Gasteiger partial charge in [-0.25, -0.2) is 0 Å². The molecule has 0 N–H and O–H groups in total. The van der Waals surface area contributed by atoms with Gasteiger partial charge in [0.25, 0.3) is 0 Å². The number of aromatic nitrogens is 3. The Kier molecular flexibility index (Phi) is 5.55. The molecule has 1 aliphatic rings. The van der Waals surface area contributed by atoms with Crippen molar-refractivity contribution >= 4 is 17.2 Å². The molecule has 3 aromatic heterocycles. The van der Waals surface area contributed by atoms with Gasteiger partial charge in [0, 0.05) is 68.9 Å². The van der Waals surface area contributed by atoms with Gasteiger partial charge in [0.1, 0.15) is 0 Å². The number of piperazine rings is 1. The molecule has 0 bridgehead atoms. The number of carbonyl (C=O) groups is 1. The van der Waals surface area contributed by atoms with E-state index >= 15 is 0 Å². The van der Waals surface area contributed by atoms with E-state index in [-0.39, 0.29) is 5.91 Å². The van der Waals surface area contributed by atoms with Crippen molar-refractivity contribution in [1.82, 2.24) is 25.0 Å². The lowest BCUT2D eigenvalue weighted by Crippen LogP contribution is -2.48. The zero-order valence-electron chi connectivity index (χ0n) is 15.0. The normalized spacial score (nSPS) is 15.2. The van der Waals surface area contributed by atoms with Gasteiger partial charge in [-0.05, 0) is 29.1 Å². The Morgan fingerprint density at radius 3 is 2.67 bits per heavy atom. The van der Waals surface area contributed by atoms with Crippen molar-refractivity contribution in [3.63, 3.8) is 0 Å². The average molecular weight is 383 g/mol. The number of carbonyl (C=O) groups excluding carboxylic acids is 1. The Labute approximate surface area is 161 Å². The fraction of sp³-hybridized carbons (Fsp3) is 0.368. The summed E-state index contributed by atoms with van der Waals surface area (Å²) < 4.78 is 5.65. The highest BCUT2D eigenvalue weighted by molar-refractivity contribution is 7.08. The van der Waals surface area contributed by atoms with Gasteiger partial charge < -0.3 is 9.32 Å². The van der Waals surface area contributed by atoms with Crippen molar-refractivity contribution < 1.29 is 9.21 Å². The van der Waals surface area contributed by atoms with Crippen LogP contribution in [0.1, 0.15) is 17.9 Å². The minimum atomic E-state index is 0.147. The highest BCUT2D eigenvalue weighted by Gasteiger charge is 2.21. The molecule has 0 aromatic carbocycles. The van der Waals surface area contributed by atoms with Crippen LogP contribution in [0.5, 0.6) is 0 Å². The quantitative estimate of drug-likeness (QED) is 0.651. The van der Waals surface area contributed by atoms with E-state index in [1.807, 2.05) is 46.3 Å². The fourth-order valence-corrected chi connectivity index (χ4v) is 3.76. The van der Waals surface area contributed by atoms with E-state index in [4.69, 9.17) is 4.42 Å². The van der Waals surface area contributed by atoms with Crippen LogP contribution in [0.25, 0.3) is 11.5 Å². The van der Waals surface area contributed by atoms with E-state index in [0.717, 1.165) is 38.3 Å². The molecule has 1 amide bonds. The molecule has 3 aromatic rings. The van der Waals surface area contributed by atoms with Crippen LogP contribution in [0.4, 0.5) is 0 Å². The third-order valence-electron chi connectivity index (χ3n) is 4.67. The van der Waals surface area contributed by atoms with E-state index < -0.39 is 0 Å². The molecule has 0 radical (unpaired) electrons. The molecule has 0 saturated carbocycles. The van der Waals surface area contributed by atoms with Crippen molar-refractivity contribution in [2.24, 2.45) is 0 Å². The summed E-state index contributed by atoms with van der Waals surface area (Å²) in [5.74, 6) is 1.18. The monoisotopic (exact) mass is 383 g/mol. The number of hydrogen-bond acceptors (Lipinski definition) is 7. The van der Waals surface area contributed by atoms with Crippen LogP contribution in [0.15, 0.2) is 45.8 Å². The lowest BCUT2D eigenvalue weighted by atomic mass is 10.2. The zero-order chi connectivity index (χ0) is 18.5. The second kappa shape index (κ2) is 8.41. The maximum Gasteiger partial charge on any atom is 0.248 e. The molecule has 8 heteroatoms. The highest BCUT2D eigenvalue weighted by Crippen LogP contribution is 2.21. The Morgan fingerprint density at radius 2 is 1.93 bits per heavy atom. The van der Waals surface area contributed by atoms with Gasteiger partial charge in [-0.15, -0.1) is 10.2 Å². The summed E-state index contributed by atoms with van der Waals surface area (Å²) in [7, 11) is 0. The first-order chi connectivity index (χ1) is 13.3. The van der Waals surface area contributed by atoms with Gasteiger partial charge in [-0.2, -0.15) is 11.3 Å². The molecular formula is C19H21N5O2S. The lowest BCUT2D eigenvalue weighted by molar-refractivity contribution is -0.133. The molecule has 1 saturated heterocycles. The number of aryl methyl sites for hydroxylation is 1. The minimum absolute atomic E-state index is 0.147. The predicted molar refractivity (Wildman–Crippen MR) is 102 cm³/mol. The first kappa shape index (κ1) is 17.8. The van der Waals surface area contributed by atoms with E-state index in [0.29, 0.717) is 24.6 Å². The van der Waals surface area contributed by atoms with Gasteiger partial charge in [0.2, 0.25) is 17.7 Å². The summed E-state index contributed by atoms with van der Waals surface area (Å²) in [5, 5.41) is 12.0. The average Bonchev–Trinajstić information content (AvgIpc) is 3.39. The number of thiophene rings is 1. The molecule has 140 valence electrons. The molecule has 4 rings (SSSR count). The standard InChI is InChI=1S/C19H21N5O2S/c25-18(2-1-17-21-22-19(26-17)16-5-12-27-14-16)24-10-8-23(9-11-24)13-15-3-6-20-7-4-15/h3-7,12,14H,1-2,8-11,13H2. The summed E-state index contributed by atoms with van der Waals surface area (Å²) in [4.78, 5) is 20.8. The number of pyridine rings is 1. The Morgan fingerprint density at radius 1 is 1.11 bits per heavy atom. The van der Waals surface area contributed by atoms with Crippen LogP contribution in [0.2, 0.25) is 0 Å². The van der Waals surface area contributed by atoms with E-state index in [2.05, 4.69) is 20.1 Å². The molecule has 0 aliphatic carbocycles. The van der Waals surface area contributed by atoms with Gasteiger partial charge in [0.15, 0.2) is 0 Å². The van der Waals surface area contributed by atoms with E-state index in [1.165, 1.54) is 5.56 Å². The Balaban J connectivity index is 1.23. The Bertz CT molecular complexity index is 857. The fourth-order valence-electron chi connectivity index (χ4n) is 3.13. The molecule has 4 heterocycles. The molecule has 1 fully saturated rings. The third kappa shape index (κ3) is 4.58. The molecule has 1 aliphatic heterocycles. The number of nitrogens with zero attached hydrogens (tertiary/aromatic N) is 5. The maximum absolute atomic E-state index is 12.5. The van der Waals surface area contributed by atoms with Crippen LogP contribution in [-0.4, -0.2) is 57.1 Å². The van der Waals surface area contributed by atoms with Crippen LogP contribution in [0.3, 0.4) is 0 Å². The number of amides is 1. The molecular weight excluding hydrogens is 362 g/mol. The third-order valence-corrected chi connectivity index (χ3v) is 5.35. The summed E-state index contributed by atoms with van der Waals surface area (Å²) in [5.41, 5.74) is 2.18. The number of hydrogen-bond donors (Lipinski definition) is 0. The van der Waals surface area contributed by atoms with Crippen LogP contribution >= 0.6 is 11.3 Å². The highest BCUT2D eigenvalue weighted by atomic mass is 32.1. The largest absolute Gasteiger partial charge is 0.421 e. The topological polar surface area (TPSA) is 75.4 Å².